The topological polar surface area (TPSA) is 80.8 Å². The third kappa shape index (κ3) is 5.35. The minimum absolute atomic E-state index is 0.0477. The van der Waals surface area contributed by atoms with Gasteiger partial charge in [0.2, 0.25) is 0 Å². The Labute approximate surface area is 202 Å². The lowest BCUT2D eigenvalue weighted by molar-refractivity contribution is -0.137. The van der Waals surface area contributed by atoms with Crippen LogP contribution in [0.2, 0.25) is 0 Å². The van der Waals surface area contributed by atoms with E-state index in [2.05, 4.69) is 0 Å². The summed E-state index contributed by atoms with van der Waals surface area (Å²) < 4.78 is 18.8. The second-order valence-corrected chi connectivity index (χ2v) is 8.43. The predicted molar refractivity (Wildman–Crippen MR) is 127 cm³/mol. The first-order valence-corrected chi connectivity index (χ1v) is 11.4. The lowest BCUT2D eigenvalue weighted by Gasteiger charge is -2.23. The van der Waals surface area contributed by atoms with Gasteiger partial charge in [0.05, 0.1) is 5.56 Å². The molecule has 3 aromatic rings. The van der Waals surface area contributed by atoms with Crippen molar-refractivity contribution in [2.24, 2.45) is 0 Å². The number of carbonyl (C=O) groups is 4. The molecule has 1 heterocycles. The molecule has 0 saturated carbocycles. The molecular weight excluding hydrogens is 449 g/mol. The molecule has 1 aliphatic rings. The maximum absolute atomic E-state index is 13.2. The molecule has 178 valence electrons. The molecule has 0 radical (unpaired) electrons. The lowest BCUT2D eigenvalue weighted by Crippen LogP contribution is -2.43. The molecule has 1 fully saturated rings. The van der Waals surface area contributed by atoms with Crippen molar-refractivity contribution in [3.8, 4) is 0 Å². The largest absolute Gasteiger partial charge is 0.449 e. The summed E-state index contributed by atoms with van der Waals surface area (Å²) in [5, 5.41) is 0. The number of benzene rings is 3. The van der Waals surface area contributed by atoms with E-state index in [1.807, 2.05) is 19.1 Å². The Bertz CT molecular complexity index is 1270. The van der Waals surface area contributed by atoms with Gasteiger partial charge in [-0.1, -0.05) is 48.0 Å². The molecule has 0 N–H and O–H groups in total. The van der Waals surface area contributed by atoms with Crippen LogP contribution in [0, 0.1) is 12.7 Å². The quantitative estimate of drug-likeness (QED) is 0.304. The van der Waals surface area contributed by atoms with Crippen molar-refractivity contribution in [3.63, 3.8) is 0 Å². The number of halogens is 1. The monoisotopic (exact) mass is 473 g/mol. The summed E-state index contributed by atoms with van der Waals surface area (Å²) in [6, 6.07) is 18.2. The van der Waals surface area contributed by atoms with Gasteiger partial charge in [0.15, 0.2) is 11.9 Å². The number of ether oxygens (including phenoxy) is 1. The first-order chi connectivity index (χ1) is 16.8. The highest BCUT2D eigenvalue weighted by Gasteiger charge is 2.35. The summed E-state index contributed by atoms with van der Waals surface area (Å²) in [5.74, 6) is -2.84. The van der Waals surface area contributed by atoms with Crippen LogP contribution in [-0.2, 0) is 9.53 Å². The molecule has 6 nitrogen and oxygen atoms in total. The van der Waals surface area contributed by atoms with E-state index in [0.717, 1.165) is 22.6 Å². The standard InChI is InChI=1S/C28H24FNO5/c1-18-9-11-19(12-10-18)25(31)22-6-2-3-7-23(22)28(34)35-24-8-4-5-17-30(27(24)33)26(32)20-13-15-21(29)16-14-20/h2-3,6-7,9-16,24H,4-5,8,17H2,1H3. The second-order valence-electron chi connectivity index (χ2n) is 8.43. The van der Waals surface area contributed by atoms with Crippen LogP contribution in [0.25, 0.3) is 0 Å². The van der Waals surface area contributed by atoms with E-state index in [0.29, 0.717) is 18.4 Å². The van der Waals surface area contributed by atoms with Gasteiger partial charge < -0.3 is 4.74 Å². The van der Waals surface area contributed by atoms with E-state index in [9.17, 15) is 23.6 Å². The number of hydrogen-bond acceptors (Lipinski definition) is 5. The van der Waals surface area contributed by atoms with E-state index >= 15 is 0 Å². The number of nitrogens with zero attached hydrogens (tertiary/aromatic N) is 1. The molecule has 1 atom stereocenters. The smallest absolute Gasteiger partial charge is 0.339 e. The van der Waals surface area contributed by atoms with Crippen LogP contribution < -0.4 is 0 Å². The summed E-state index contributed by atoms with van der Waals surface area (Å²) in [6.45, 7) is 2.08. The summed E-state index contributed by atoms with van der Waals surface area (Å²) >= 11 is 0. The molecule has 7 heteroatoms. The molecule has 3 aromatic carbocycles. The van der Waals surface area contributed by atoms with Gasteiger partial charge in [0, 0.05) is 23.2 Å². The molecule has 0 bridgehead atoms. The second kappa shape index (κ2) is 10.4. The molecule has 2 amide bonds. The fourth-order valence-electron chi connectivity index (χ4n) is 3.98. The third-order valence-corrected chi connectivity index (χ3v) is 5.93. The maximum atomic E-state index is 13.2. The van der Waals surface area contributed by atoms with Crippen LogP contribution in [0.5, 0.6) is 0 Å². The van der Waals surface area contributed by atoms with Gasteiger partial charge >= 0.3 is 5.97 Å². The van der Waals surface area contributed by atoms with Gasteiger partial charge in [-0.05, 0) is 56.5 Å². The number of carbonyl (C=O) groups excluding carboxylic acids is 4. The van der Waals surface area contributed by atoms with Gasteiger partial charge in [-0.15, -0.1) is 0 Å². The van der Waals surface area contributed by atoms with Crippen molar-refractivity contribution in [2.45, 2.75) is 32.3 Å². The molecular formula is C28H24FNO5. The highest BCUT2D eigenvalue weighted by Crippen LogP contribution is 2.22. The van der Waals surface area contributed by atoms with E-state index in [-0.39, 0.29) is 35.4 Å². The maximum Gasteiger partial charge on any atom is 0.339 e. The number of ketones is 1. The van der Waals surface area contributed by atoms with E-state index in [1.165, 1.54) is 24.3 Å². The first-order valence-electron chi connectivity index (χ1n) is 11.4. The number of amides is 2. The van der Waals surface area contributed by atoms with Gasteiger partial charge in [0.1, 0.15) is 5.82 Å². The van der Waals surface area contributed by atoms with Gasteiger partial charge in [0.25, 0.3) is 11.8 Å². The molecule has 1 aliphatic heterocycles. The number of likely N-dealkylation sites (tertiary alicyclic amines) is 1. The van der Waals surface area contributed by atoms with Gasteiger partial charge in [-0.25, -0.2) is 9.18 Å². The highest BCUT2D eigenvalue weighted by molar-refractivity contribution is 6.14. The Hall–Kier alpha value is -4.13. The number of rotatable bonds is 5. The molecule has 0 spiro atoms. The van der Waals surface area contributed by atoms with Gasteiger partial charge in [-0.3, -0.25) is 19.3 Å². The van der Waals surface area contributed by atoms with Crippen molar-refractivity contribution in [2.75, 3.05) is 6.54 Å². The minimum atomic E-state index is -1.17. The SMILES string of the molecule is Cc1ccc(C(=O)c2ccccc2C(=O)OC2CCCCN(C(=O)c3ccc(F)cc3)C2=O)cc1. The van der Waals surface area contributed by atoms with E-state index < -0.39 is 29.7 Å². The molecule has 4 rings (SSSR count). The highest BCUT2D eigenvalue weighted by atomic mass is 19.1. The Kier molecular flexibility index (Phi) is 7.15. The van der Waals surface area contributed by atoms with Crippen LogP contribution in [-0.4, -0.2) is 41.1 Å². The summed E-state index contributed by atoms with van der Waals surface area (Å²) in [6.07, 6.45) is 0.207. The molecule has 35 heavy (non-hydrogen) atoms. The Balaban J connectivity index is 1.55. The van der Waals surface area contributed by atoms with Gasteiger partial charge in [-0.2, -0.15) is 0 Å². The average Bonchev–Trinajstić information content (AvgIpc) is 3.05. The average molecular weight is 474 g/mol. The zero-order valence-corrected chi connectivity index (χ0v) is 19.2. The van der Waals surface area contributed by atoms with Crippen LogP contribution in [0.3, 0.4) is 0 Å². The van der Waals surface area contributed by atoms with Crippen molar-refractivity contribution in [3.05, 3.63) is 106 Å². The van der Waals surface area contributed by atoms with Crippen LogP contribution in [0.1, 0.15) is 61.5 Å². The van der Waals surface area contributed by atoms with E-state index in [1.54, 1.807) is 24.3 Å². The van der Waals surface area contributed by atoms with Crippen molar-refractivity contribution < 1.29 is 28.3 Å². The Morgan fingerprint density at radius 2 is 1.49 bits per heavy atom. The fourth-order valence-corrected chi connectivity index (χ4v) is 3.98. The first kappa shape index (κ1) is 24.0. The molecule has 1 unspecified atom stereocenters. The summed E-state index contributed by atoms with van der Waals surface area (Å²) in [5.41, 5.74) is 1.81. The number of hydrogen-bond donors (Lipinski definition) is 0. The van der Waals surface area contributed by atoms with Crippen molar-refractivity contribution in [1.82, 2.24) is 4.90 Å². The third-order valence-electron chi connectivity index (χ3n) is 5.93. The Morgan fingerprint density at radius 1 is 0.857 bits per heavy atom. The summed E-state index contributed by atoms with van der Waals surface area (Å²) in [4.78, 5) is 53.2. The predicted octanol–water partition coefficient (Wildman–Crippen LogP) is 4.74. The lowest BCUT2D eigenvalue weighted by atomic mass is 9.97. The number of aryl methyl sites for hydroxylation is 1. The fraction of sp³-hybridized carbons (Fsp3) is 0.214. The van der Waals surface area contributed by atoms with Crippen LogP contribution >= 0.6 is 0 Å². The van der Waals surface area contributed by atoms with Crippen LogP contribution in [0.4, 0.5) is 4.39 Å². The minimum Gasteiger partial charge on any atom is -0.449 e. The molecule has 0 aliphatic carbocycles. The zero-order valence-electron chi connectivity index (χ0n) is 19.2. The Morgan fingerprint density at radius 3 is 2.17 bits per heavy atom. The normalized spacial score (nSPS) is 15.9. The zero-order chi connectivity index (χ0) is 24.9. The summed E-state index contributed by atoms with van der Waals surface area (Å²) in [7, 11) is 0. The number of imide groups is 1. The number of esters is 1. The van der Waals surface area contributed by atoms with Crippen molar-refractivity contribution in [1.29, 1.82) is 0 Å². The van der Waals surface area contributed by atoms with Crippen LogP contribution in [0.15, 0.2) is 72.8 Å². The molecule has 1 saturated heterocycles. The van der Waals surface area contributed by atoms with Crippen molar-refractivity contribution >= 4 is 23.6 Å². The van der Waals surface area contributed by atoms with E-state index in [4.69, 9.17) is 4.74 Å². The molecule has 0 aromatic heterocycles.